The molecule has 0 spiro atoms. The number of hydrogen-bond acceptors (Lipinski definition) is 3. The Hall–Kier alpha value is -2.15. The summed E-state index contributed by atoms with van der Waals surface area (Å²) < 4.78 is 1.71. The third kappa shape index (κ3) is 2.70. The lowest BCUT2D eigenvalue weighted by Gasteiger charge is -1.99. The van der Waals surface area contributed by atoms with Crippen LogP contribution in [0, 0.1) is 11.3 Å². The van der Waals surface area contributed by atoms with Gasteiger partial charge in [-0.2, -0.15) is 5.26 Å². The van der Waals surface area contributed by atoms with Gasteiger partial charge in [-0.15, -0.1) is 5.10 Å². The topological polar surface area (TPSA) is 54.5 Å². The zero-order valence-corrected chi connectivity index (χ0v) is 9.80. The molecule has 0 unspecified atom stereocenters. The molecule has 0 saturated heterocycles. The molecule has 1 heterocycles. The number of nitrogens with zero attached hydrogens (tertiary/aromatic N) is 4. The normalized spacial score (nSPS) is 10.1. The van der Waals surface area contributed by atoms with Gasteiger partial charge in [0.15, 0.2) is 0 Å². The summed E-state index contributed by atoms with van der Waals surface area (Å²) in [6.45, 7) is 2.15. The predicted octanol–water partition coefficient (Wildman–Crippen LogP) is 2.48. The number of unbranched alkanes of at least 4 members (excludes halogenated alkanes) is 1. The molecule has 17 heavy (non-hydrogen) atoms. The van der Waals surface area contributed by atoms with Crippen LogP contribution in [-0.4, -0.2) is 15.0 Å². The summed E-state index contributed by atoms with van der Waals surface area (Å²) in [6.07, 6.45) is 5.15. The lowest BCUT2D eigenvalue weighted by molar-refractivity contribution is 0.761. The van der Waals surface area contributed by atoms with Gasteiger partial charge in [0.1, 0.15) is 0 Å². The summed E-state index contributed by atoms with van der Waals surface area (Å²) in [5.41, 5.74) is 2.50. The van der Waals surface area contributed by atoms with Gasteiger partial charge >= 0.3 is 0 Å². The Morgan fingerprint density at radius 2 is 2.29 bits per heavy atom. The molecule has 0 radical (unpaired) electrons. The van der Waals surface area contributed by atoms with E-state index in [0.29, 0.717) is 5.56 Å². The van der Waals surface area contributed by atoms with E-state index in [1.807, 2.05) is 18.3 Å². The van der Waals surface area contributed by atoms with Crippen molar-refractivity contribution in [2.75, 3.05) is 0 Å². The van der Waals surface area contributed by atoms with Gasteiger partial charge in [-0.05, 0) is 31.0 Å². The first-order chi connectivity index (χ1) is 8.33. The van der Waals surface area contributed by atoms with Gasteiger partial charge in [0.2, 0.25) is 0 Å². The lowest BCUT2D eigenvalue weighted by Crippen LogP contribution is -1.94. The average molecular weight is 226 g/mol. The van der Waals surface area contributed by atoms with Gasteiger partial charge in [-0.1, -0.05) is 24.6 Å². The van der Waals surface area contributed by atoms with Crippen molar-refractivity contribution in [3.63, 3.8) is 0 Å². The Morgan fingerprint density at radius 1 is 1.41 bits per heavy atom. The van der Waals surface area contributed by atoms with Crippen LogP contribution in [0.15, 0.2) is 30.5 Å². The van der Waals surface area contributed by atoms with E-state index in [2.05, 4.69) is 23.3 Å². The molecular formula is C13H14N4. The number of aromatic nitrogens is 3. The molecule has 1 aromatic heterocycles. The number of nitriles is 1. The lowest BCUT2D eigenvalue weighted by atomic mass is 10.2. The molecule has 4 nitrogen and oxygen atoms in total. The van der Waals surface area contributed by atoms with Crippen molar-refractivity contribution < 1.29 is 0 Å². The van der Waals surface area contributed by atoms with Crippen molar-refractivity contribution >= 4 is 0 Å². The van der Waals surface area contributed by atoms with E-state index in [0.717, 1.165) is 30.6 Å². The zero-order chi connectivity index (χ0) is 12.1. The van der Waals surface area contributed by atoms with Crippen LogP contribution in [0.2, 0.25) is 0 Å². The highest BCUT2D eigenvalue weighted by molar-refractivity contribution is 5.40. The summed E-state index contributed by atoms with van der Waals surface area (Å²) in [6, 6.07) is 9.46. The Morgan fingerprint density at radius 3 is 3.06 bits per heavy atom. The van der Waals surface area contributed by atoms with Crippen LogP contribution in [0.1, 0.15) is 31.0 Å². The maximum Gasteiger partial charge on any atom is 0.0992 e. The third-order valence-electron chi connectivity index (χ3n) is 2.57. The molecule has 0 saturated carbocycles. The molecule has 0 N–H and O–H groups in total. The van der Waals surface area contributed by atoms with Crippen LogP contribution in [0.3, 0.4) is 0 Å². The molecule has 0 fully saturated rings. The maximum absolute atomic E-state index is 8.84. The van der Waals surface area contributed by atoms with Crippen molar-refractivity contribution in [3.05, 3.63) is 41.7 Å². The summed E-state index contributed by atoms with van der Waals surface area (Å²) in [7, 11) is 0. The Kier molecular flexibility index (Phi) is 3.51. The van der Waals surface area contributed by atoms with Crippen molar-refractivity contribution in [3.8, 4) is 11.8 Å². The van der Waals surface area contributed by atoms with E-state index in [-0.39, 0.29) is 0 Å². The molecule has 4 heteroatoms. The van der Waals surface area contributed by atoms with Crippen molar-refractivity contribution in [1.29, 1.82) is 5.26 Å². The van der Waals surface area contributed by atoms with Crippen LogP contribution in [0.5, 0.6) is 0 Å². The number of rotatable bonds is 4. The molecule has 86 valence electrons. The number of hydrogen-bond donors (Lipinski definition) is 0. The number of aryl methyl sites for hydroxylation is 1. The Bertz CT molecular complexity index is 536. The van der Waals surface area contributed by atoms with Gasteiger partial charge in [0.05, 0.1) is 29.2 Å². The van der Waals surface area contributed by atoms with E-state index in [9.17, 15) is 0 Å². The van der Waals surface area contributed by atoms with E-state index in [1.165, 1.54) is 0 Å². The highest BCUT2D eigenvalue weighted by Crippen LogP contribution is 2.10. The highest BCUT2D eigenvalue weighted by atomic mass is 15.4. The fourth-order valence-corrected chi connectivity index (χ4v) is 1.62. The molecule has 2 rings (SSSR count). The van der Waals surface area contributed by atoms with E-state index >= 15 is 0 Å². The second kappa shape index (κ2) is 5.26. The van der Waals surface area contributed by atoms with Crippen molar-refractivity contribution in [2.24, 2.45) is 0 Å². The van der Waals surface area contributed by atoms with E-state index in [4.69, 9.17) is 5.26 Å². The molecule has 0 atom stereocenters. The minimum absolute atomic E-state index is 0.633. The SMILES string of the molecule is CCCCc1cn(-c2cccc(C#N)c2)nn1. The molecule has 0 aliphatic carbocycles. The first kappa shape index (κ1) is 11.3. The predicted molar refractivity (Wildman–Crippen MR) is 64.7 cm³/mol. The van der Waals surface area contributed by atoms with Crippen molar-refractivity contribution in [2.45, 2.75) is 26.2 Å². The monoisotopic (exact) mass is 226 g/mol. The number of benzene rings is 1. The first-order valence-corrected chi connectivity index (χ1v) is 5.75. The average Bonchev–Trinajstić information content (AvgIpc) is 2.85. The first-order valence-electron chi connectivity index (χ1n) is 5.75. The molecule has 0 bridgehead atoms. The smallest absolute Gasteiger partial charge is 0.0992 e. The van der Waals surface area contributed by atoms with Gasteiger partial charge in [0, 0.05) is 0 Å². The largest absolute Gasteiger partial charge is 0.220 e. The standard InChI is InChI=1S/C13H14N4/c1-2-3-6-12-10-17(16-15-12)13-7-4-5-11(8-13)9-14/h4-5,7-8,10H,2-3,6H2,1H3. The Labute approximate surface area is 101 Å². The molecule has 0 aliphatic rings. The van der Waals surface area contributed by atoms with Crippen molar-refractivity contribution in [1.82, 2.24) is 15.0 Å². The molecule has 2 aromatic rings. The summed E-state index contributed by atoms with van der Waals surface area (Å²) >= 11 is 0. The van der Waals surface area contributed by atoms with E-state index in [1.54, 1.807) is 16.8 Å². The summed E-state index contributed by atoms with van der Waals surface area (Å²) in [4.78, 5) is 0. The van der Waals surface area contributed by atoms with Crippen LogP contribution < -0.4 is 0 Å². The van der Waals surface area contributed by atoms with Gasteiger partial charge in [-0.25, -0.2) is 4.68 Å². The fourth-order valence-electron chi connectivity index (χ4n) is 1.62. The Balaban J connectivity index is 2.21. The molecule has 0 amide bonds. The zero-order valence-electron chi connectivity index (χ0n) is 9.80. The minimum Gasteiger partial charge on any atom is -0.220 e. The van der Waals surface area contributed by atoms with Crippen LogP contribution >= 0.6 is 0 Å². The van der Waals surface area contributed by atoms with Gasteiger partial charge in [0.25, 0.3) is 0 Å². The van der Waals surface area contributed by atoms with E-state index < -0.39 is 0 Å². The van der Waals surface area contributed by atoms with Crippen LogP contribution in [0.4, 0.5) is 0 Å². The second-order valence-corrected chi connectivity index (χ2v) is 3.92. The highest BCUT2D eigenvalue weighted by Gasteiger charge is 2.03. The summed E-state index contributed by atoms with van der Waals surface area (Å²) in [5, 5.41) is 17.0. The third-order valence-corrected chi connectivity index (χ3v) is 2.57. The van der Waals surface area contributed by atoms with Crippen LogP contribution in [0.25, 0.3) is 5.69 Å². The quantitative estimate of drug-likeness (QED) is 0.804. The van der Waals surface area contributed by atoms with Gasteiger partial charge in [-0.3, -0.25) is 0 Å². The molecule has 0 aliphatic heterocycles. The second-order valence-electron chi connectivity index (χ2n) is 3.92. The van der Waals surface area contributed by atoms with Gasteiger partial charge < -0.3 is 0 Å². The fraction of sp³-hybridized carbons (Fsp3) is 0.308. The minimum atomic E-state index is 0.633. The maximum atomic E-state index is 8.84. The summed E-state index contributed by atoms with van der Waals surface area (Å²) in [5.74, 6) is 0. The molecular weight excluding hydrogens is 212 g/mol. The van der Waals surface area contributed by atoms with Crippen LogP contribution in [-0.2, 0) is 6.42 Å². The molecule has 1 aromatic carbocycles.